The Balaban J connectivity index is 0.00000361. The second kappa shape index (κ2) is 10.7. The Labute approximate surface area is 133 Å². The molecule has 0 aliphatic heterocycles. The van der Waals surface area contributed by atoms with Gasteiger partial charge in [0.1, 0.15) is 0 Å². The fourth-order valence-corrected chi connectivity index (χ4v) is 1.69. The third-order valence-electron chi connectivity index (χ3n) is 2.41. The van der Waals surface area contributed by atoms with E-state index in [4.69, 9.17) is 5.73 Å². The van der Waals surface area contributed by atoms with Crippen LogP contribution < -0.4 is 16.4 Å². The molecule has 20 heavy (non-hydrogen) atoms. The lowest BCUT2D eigenvalue weighted by Gasteiger charge is -2.06. The van der Waals surface area contributed by atoms with Crippen LogP contribution in [0.1, 0.15) is 19.3 Å². The molecule has 0 spiro atoms. The summed E-state index contributed by atoms with van der Waals surface area (Å²) in [6.07, 6.45) is 1.33. The monoisotopic (exact) mass is 363 g/mol. The zero-order valence-corrected chi connectivity index (χ0v) is 13.4. The molecule has 0 bridgehead atoms. The summed E-state index contributed by atoms with van der Waals surface area (Å²) in [5.41, 5.74) is 6.04. The number of benzene rings is 1. The Morgan fingerprint density at radius 1 is 1.10 bits per heavy atom. The molecule has 0 aromatic heterocycles. The fourth-order valence-electron chi connectivity index (χ4n) is 1.42. The van der Waals surface area contributed by atoms with Crippen molar-refractivity contribution in [1.82, 2.24) is 5.32 Å². The quantitative estimate of drug-likeness (QED) is 0.692. The summed E-state index contributed by atoms with van der Waals surface area (Å²) in [6.45, 7) is 0.837. The number of nitrogens with two attached hydrogens (primary N) is 1. The van der Waals surface area contributed by atoms with Crippen molar-refractivity contribution in [3.05, 3.63) is 28.7 Å². The Kier molecular flexibility index (Phi) is 10.1. The van der Waals surface area contributed by atoms with E-state index >= 15 is 0 Å². The van der Waals surface area contributed by atoms with Gasteiger partial charge in [-0.1, -0.05) is 15.9 Å². The van der Waals surface area contributed by atoms with Crippen molar-refractivity contribution >= 4 is 45.8 Å². The van der Waals surface area contributed by atoms with Crippen LogP contribution >= 0.6 is 28.3 Å². The molecule has 0 fully saturated rings. The van der Waals surface area contributed by atoms with Crippen molar-refractivity contribution in [3.63, 3.8) is 0 Å². The van der Waals surface area contributed by atoms with Crippen LogP contribution in [0.5, 0.6) is 0 Å². The van der Waals surface area contributed by atoms with Gasteiger partial charge < -0.3 is 16.4 Å². The maximum absolute atomic E-state index is 11.6. The zero-order chi connectivity index (χ0) is 14.1. The molecule has 0 saturated heterocycles. The maximum Gasteiger partial charge on any atom is 0.226 e. The Bertz CT molecular complexity index is 426. The zero-order valence-electron chi connectivity index (χ0n) is 11.0. The van der Waals surface area contributed by atoms with Crippen LogP contribution in [0.4, 0.5) is 5.69 Å². The highest BCUT2D eigenvalue weighted by molar-refractivity contribution is 9.10. The highest BCUT2D eigenvalue weighted by atomic mass is 79.9. The summed E-state index contributed by atoms with van der Waals surface area (Å²) < 4.78 is 0.956. The lowest BCUT2D eigenvalue weighted by molar-refractivity contribution is -0.121. The lowest BCUT2D eigenvalue weighted by Crippen LogP contribution is -2.27. The SMILES string of the molecule is Cl.NCCCC(=O)NCCC(=O)Nc1ccc(Br)cc1. The summed E-state index contributed by atoms with van der Waals surface area (Å²) >= 11 is 3.32. The first kappa shape index (κ1) is 18.9. The minimum absolute atomic E-state index is 0. The number of nitrogens with one attached hydrogen (secondary N) is 2. The van der Waals surface area contributed by atoms with E-state index in [0.717, 1.165) is 10.2 Å². The van der Waals surface area contributed by atoms with Gasteiger partial charge in [0.2, 0.25) is 11.8 Å². The molecule has 0 aliphatic carbocycles. The minimum atomic E-state index is -0.124. The molecule has 0 heterocycles. The van der Waals surface area contributed by atoms with Gasteiger partial charge in [-0.2, -0.15) is 0 Å². The van der Waals surface area contributed by atoms with Crippen molar-refractivity contribution < 1.29 is 9.59 Å². The average Bonchev–Trinajstić information content (AvgIpc) is 2.39. The minimum Gasteiger partial charge on any atom is -0.356 e. The molecule has 112 valence electrons. The summed E-state index contributed by atoms with van der Waals surface area (Å²) in [4.78, 5) is 22.9. The van der Waals surface area contributed by atoms with Crippen molar-refractivity contribution in [2.75, 3.05) is 18.4 Å². The third kappa shape index (κ3) is 8.14. The van der Waals surface area contributed by atoms with Gasteiger partial charge in [0, 0.05) is 29.5 Å². The smallest absolute Gasteiger partial charge is 0.226 e. The van der Waals surface area contributed by atoms with Gasteiger partial charge in [-0.05, 0) is 37.2 Å². The summed E-state index contributed by atoms with van der Waals surface area (Å²) in [6, 6.07) is 7.32. The van der Waals surface area contributed by atoms with E-state index < -0.39 is 0 Å². The Morgan fingerprint density at radius 3 is 2.35 bits per heavy atom. The largest absolute Gasteiger partial charge is 0.356 e. The van der Waals surface area contributed by atoms with E-state index in [9.17, 15) is 9.59 Å². The third-order valence-corrected chi connectivity index (χ3v) is 2.94. The molecular weight excluding hydrogens is 346 g/mol. The Hall–Kier alpha value is -1.11. The molecule has 1 rings (SSSR count). The van der Waals surface area contributed by atoms with Gasteiger partial charge in [-0.25, -0.2) is 0 Å². The predicted octanol–water partition coefficient (Wildman–Crippen LogP) is 2.05. The number of hydrogen-bond donors (Lipinski definition) is 3. The molecule has 5 nitrogen and oxygen atoms in total. The van der Waals surface area contributed by atoms with Crippen LogP contribution in [-0.4, -0.2) is 24.9 Å². The van der Waals surface area contributed by atoms with E-state index in [1.165, 1.54) is 0 Å². The molecule has 0 unspecified atom stereocenters. The molecule has 7 heteroatoms. The summed E-state index contributed by atoms with van der Waals surface area (Å²) in [5.74, 6) is -0.191. The van der Waals surface area contributed by atoms with Crippen LogP contribution in [0, 0.1) is 0 Å². The number of hydrogen-bond acceptors (Lipinski definition) is 3. The van der Waals surface area contributed by atoms with E-state index in [0.29, 0.717) is 25.9 Å². The molecule has 1 aromatic carbocycles. The highest BCUT2D eigenvalue weighted by Gasteiger charge is 2.04. The van der Waals surface area contributed by atoms with E-state index in [2.05, 4.69) is 26.6 Å². The first-order valence-corrected chi connectivity index (χ1v) is 6.93. The van der Waals surface area contributed by atoms with Crippen molar-refractivity contribution in [2.24, 2.45) is 5.73 Å². The van der Waals surface area contributed by atoms with Crippen molar-refractivity contribution in [1.29, 1.82) is 0 Å². The number of anilines is 1. The van der Waals surface area contributed by atoms with E-state index in [1.807, 2.05) is 24.3 Å². The average molecular weight is 365 g/mol. The van der Waals surface area contributed by atoms with Crippen LogP contribution in [-0.2, 0) is 9.59 Å². The van der Waals surface area contributed by atoms with Crippen LogP contribution in [0.2, 0.25) is 0 Å². The molecule has 2 amide bonds. The van der Waals surface area contributed by atoms with Gasteiger partial charge in [0.15, 0.2) is 0 Å². The van der Waals surface area contributed by atoms with E-state index in [1.54, 1.807) is 0 Å². The number of carbonyl (C=O) groups is 2. The molecule has 0 radical (unpaired) electrons. The van der Waals surface area contributed by atoms with Crippen LogP contribution in [0.15, 0.2) is 28.7 Å². The van der Waals surface area contributed by atoms with Gasteiger partial charge in [-0.3, -0.25) is 9.59 Å². The first-order valence-electron chi connectivity index (χ1n) is 6.14. The summed E-state index contributed by atoms with van der Waals surface area (Å²) in [7, 11) is 0. The normalized spacial score (nSPS) is 9.50. The molecule has 0 saturated carbocycles. The topological polar surface area (TPSA) is 84.2 Å². The summed E-state index contributed by atoms with van der Waals surface area (Å²) in [5, 5.41) is 5.44. The number of carbonyl (C=O) groups excluding carboxylic acids is 2. The number of rotatable bonds is 7. The highest BCUT2D eigenvalue weighted by Crippen LogP contribution is 2.14. The maximum atomic E-state index is 11.6. The molecule has 0 aliphatic rings. The molecule has 1 aromatic rings. The van der Waals surface area contributed by atoms with Crippen LogP contribution in [0.3, 0.4) is 0 Å². The van der Waals surface area contributed by atoms with Crippen LogP contribution in [0.25, 0.3) is 0 Å². The molecule has 0 atom stereocenters. The van der Waals surface area contributed by atoms with Gasteiger partial charge >= 0.3 is 0 Å². The second-order valence-corrected chi connectivity index (χ2v) is 4.96. The number of amides is 2. The van der Waals surface area contributed by atoms with Crippen molar-refractivity contribution in [2.45, 2.75) is 19.3 Å². The molecular formula is C13H19BrClN3O2. The Morgan fingerprint density at radius 2 is 1.75 bits per heavy atom. The number of halogens is 2. The fraction of sp³-hybridized carbons (Fsp3) is 0.385. The van der Waals surface area contributed by atoms with Gasteiger partial charge in [-0.15, -0.1) is 12.4 Å². The second-order valence-electron chi connectivity index (χ2n) is 4.05. The molecule has 4 N–H and O–H groups in total. The van der Waals surface area contributed by atoms with E-state index in [-0.39, 0.29) is 30.6 Å². The predicted molar refractivity (Wildman–Crippen MR) is 85.9 cm³/mol. The van der Waals surface area contributed by atoms with Crippen molar-refractivity contribution in [3.8, 4) is 0 Å². The lowest BCUT2D eigenvalue weighted by atomic mass is 10.3. The van der Waals surface area contributed by atoms with Gasteiger partial charge in [0.05, 0.1) is 0 Å². The first-order chi connectivity index (χ1) is 9.11. The standard InChI is InChI=1S/C13H18BrN3O2.ClH/c14-10-3-5-11(6-4-10)17-13(19)7-9-16-12(18)2-1-8-15;/h3-6H,1-2,7-9,15H2,(H,16,18)(H,17,19);1H. The van der Waals surface area contributed by atoms with Gasteiger partial charge in [0.25, 0.3) is 0 Å².